The van der Waals surface area contributed by atoms with Crippen molar-refractivity contribution in [2.45, 2.75) is 62.2 Å². The summed E-state index contributed by atoms with van der Waals surface area (Å²) in [5, 5.41) is 24.1. The number of rotatable bonds is 12. The topological polar surface area (TPSA) is 100 Å². The quantitative estimate of drug-likeness (QED) is 0.187. The van der Waals surface area contributed by atoms with Crippen molar-refractivity contribution in [3.8, 4) is 5.75 Å². The second kappa shape index (κ2) is 14.6. The van der Waals surface area contributed by atoms with E-state index in [1.165, 1.54) is 0 Å². The van der Waals surface area contributed by atoms with Crippen molar-refractivity contribution in [1.82, 2.24) is 5.32 Å². The van der Waals surface area contributed by atoms with Gasteiger partial charge in [-0.2, -0.15) is 0 Å². The van der Waals surface area contributed by atoms with Gasteiger partial charge < -0.3 is 25.0 Å². The van der Waals surface area contributed by atoms with E-state index in [0.29, 0.717) is 58.7 Å². The molecule has 5 rings (SSSR count). The number of carbonyl (C=O) groups is 1. The molecule has 0 unspecified atom stereocenters. The molecule has 9 heteroatoms. The minimum atomic E-state index is -1.43. The highest BCUT2D eigenvalue weighted by atomic mass is 35.5. The van der Waals surface area contributed by atoms with Crippen LogP contribution in [0.15, 0.2) is 83.9 Å². The summed E-state index contributed by atoms with van der Waals surface area (Å²) < 4.78 is 12.2. The number of aliphatic imine (C=N–C) groups is 1. The van der Waals surface area contributed by atoms with Crippen molar-refractivity contribution < 1.29 is 24.5 Å². The van der Waals surface area contributed by atoms with Crippen LogP contribution >= 0.6 is 23.2 Å². The van der Waals surface area contributed by atoms with Crippen LogP contribution in [0.3, 0.4) is 0 Å². The van der Waals surface area contributed by atoms with Crippen molar-refractivity contribution in [1.29, 1.82) is 0 Å². The van der Waals surface area contributed by atoms with Crippen LogP contribution in [0, 0.1) is 0 Å². The molecule has 0 radical (unpaired) electrons. The zero-order valence-corrected chi connectivity index (χ0v) is 26.1. The third-order valence-electron chi connectivity index (χ3n) is 8.18. The van der Waals surface area contributed by atoms with Gasteiger partial charge in [0.2, 0.25) is 5.90 Å². The Morgan fingerprint density at radius 1 is 1.05 bits per heavy atom. The van der Waals surface area contributed by atoms with Crippen molar-refractivity contribution in [3.05, 3.63) is 106 Å². The number of halogens is 2. The number of ether oxygens (including phenoxy) is 2. The molecular weight excluding hydrogens is 599 g/mol. The number of nitrogens with zero attached hydrogens (tertiary/aromatic N) is 1. The first kappa shape index (κ1) is 32.0. The van der Waals surface area contributed by atoms with Gasteiger partial charge in [0.25, 0.3) is 5.91 Å². The number of nitrogens with one attached hydrogen (secondary N) is 1. The molecule has 44 heavy (non-hydrogen) atoms. The molecule has 1 fully saturated rings. The lowest BCUT2D eigenvalue weighted by Gasteiger charge is -2.35. The second-order valence-electron chi connectivity index (χ2n) is 11.4. The van der Waals surface area contributed by atoms with Crippen LogP contribution in [0.5, 0.6) is 5.75 Å². The Balaban J connectivity index is 1.53. The largest absolute Gasteiger partial charge is 0.494 e. The van der Waals surface area contributed by atoms with Gasteiger partial charge in [0.1, 0.15) is 5.75 Å². The molecule has 232 valence electrons. The minimum Gasteiger partial charge on any atom is -0.494 e. The summed E-state index contributed by atoms with van der Waals surface area (Å²) in [6.45, 7) is 0.577. The molecule has 1 saturated carbocycles. The minimum absolute atomic E-state index is 0.0532. The SMILES string of the molecule is O=C(NCC1(O)CCCCC1)[C@]1(C/C=C/c2ccccc2)N=C(c2ccc(OCCCO)cc2)O[C@@H]1c1ccc(Cl)cc1Cl. The first-order valence-electron chi connectivity index (χ1n) is 15.1. The predicted molar refractivity (Wildman–Crippen MR) is 174 cm³/mol. The fourth-order valence-electron chi connectivity index (χ4n) is 5.73. The van der Waals surface area contributed by atoms with Crippen LogP contribution in [0.25, 0.3) is 6.08 Å². The van der Waals surface area contributed by atoms with Crippen LogP contribution in [-0.2, 0) is 9.53 Å². The number of aliphatic hydroxyl groups is 2. The molecule has 1 aliphatic heterocycles. The average molecular weight is 638 g/mol. The molecule has 2 atom stereocenters. The zero-order chi connectivity index (χ0) is 31.0. The summed E-state index contributed by atoms with van der Waals surface area (Å²) in [7, 11) is 0. The van der Waals surface area contributed by atoms with E-state index in [0.717, 1.165) is 24.8 Å². The lowest BCUT2D eigenvalue weighted by atomic mass is 9.82. The van der Waals surface area contributed by atoms with Gasteiger partial charge in [-0.1, -0.05) is 91.0 Å². The summed E-state index contributed by atoms with van der Waals surface area (Å²) in [4.78, 5) is 19.4. The van der Waals surface area contributed by atoms with E-state index >= 15 is 0 Å². The van der Waals surface area contributed by atoms with Gasteiger partial charge in [0.15, 0.2) is 11.6 Å². The molecule has 3 N–H and O–H groups in total. The van der Waals surface area contributed by atoms with E-state index in [2.05, 4.69) is 5.32 Å². The van der Waals surface area contributed by atoms with E-state index in [1.54, 1.807) is 30.3 Å². The van der Waals surface area contributed by atoms with E-state index in [9.17, 15) is 9.90 Å². The molecule has 1 amide bonds. The summed E-state index contributed by atoms with van der Waals surface area (Å²) >= 11 is 13.0. The van der Waals surface area contributed by atoms with E-state index in [4.69, 9.17) is 42.8 Å². The second-order valence-corrected chi connectivity index (χ2v) is 12.3. The lowest BCUT2D eigenvalue weighted by molar-refractivity contribution is -0.130. The highest BCUT2D eigenvalue weighted by Gasteiger charge is 2.53. The summed E-state index contributed by atoms with van der Waals surface area (Å²) in [5.74, 6) is 0.584. The maximum absolute atomic E-state index is 14.4. The molecule has 1 heterocycles. The standard InChI is InChI=1S/C35H38Cl2N2O5/c36-27-14-17-29(30(37)23-27)31-35(20-7-11-25-9-3-1-4-10-25,33(41)38-24-34(42)18-5-2-6-19-34)39-32(44-31)26-12-15-28(16-13-26)43-22-8-21-40/h1,3-4,7,9-17,23,31,40,42H,2,5-6,8,18-22,24H2,(H,38,41)/b11-7+/t31-,35-/m1/s1. The van der Waals surface area contributed by atoms with E-state index in [-0.39, 0.29) is 25.5 Å². The number of carbonyl (C=O) groups excluding carboxylic acids is 1. The number of hydrogen-bond donors (Lipinski definition) is 3. The van der Waals surface area contributed by atoms with Crippen LogP contribution in [0.2, 0.25) is 10.0 Å². The van der Waals surface area contributed by atoms with Crippen LogP contribution in [-0.4, -0.2) is 52.9 Å². The maximum atomic E-state index is 14.4. The lowest BCUT2D eigenvalue weighted by Crippen LogP contribution is -2.53. The summed E-state index contributed by atoms with van der Waals surface area (Å²) in [6.07, 6.45) is 7.95. The van der Waals surface area contributed by atoms with Gasteiger partial charge >= 0.3 is 0 Å². The first-order valence-corrected chi connectivity index (χ1v) is 15.9. The zero-order valence-electron chi connectivity index (χ0n) is 24.6. The summed E-state index contributed by atoms with van der Waals surface area (Å²) in [6, 6.07) is 22.2. The Hall–Kier alpha value is -3.36. The van der Waals surface area contributed by atoms with Gasteiger partial charge in [-0.25, -0.2) is 4.99 Å². The number of benzene rings is 3. The van der Waals surface area contributed by atoms with Crippen molar-refractivity contribution >= 4 is 41.1 Å². The Morgan fingerprint density at radius 2 is 1.80 bits per heavy atom. The molecule has 7 nitrogen and oxygen atoms in total. The number of hydrogen-bond acceptors (Lipinski definition) is 6. The maximum Gasteiger partial charge on any atom is 0.252 e. The molecule has 1 aliphatic carbocycles. The van der Waals surface area contributed by atoms with Crippen LogP contribution < -0.4 is 10.1 Å². The van der Waals surface area contributed by atoms with Crippen LogP contribution in [0.1, 0.15) is 67.7 Å². The Morgan fingerprint density at radius 3 is 2.50 bits per heavy atom. The fraction of sp³-hybridized carbons (Fsp3) is 0.371. The Kier molecular flexibility index (Phi) is 10.6. The number of aliphatic hydroxyl groups excluding tert-OH is 1. The van der Waals surface area contributed by atoms with Gasteiger partial charge in [-0.15, -0.1) is 0 Å². The number of amides is 1. The third kappa shape index (κ3) is 7.64. The molecule has 0 aromatic heterocycles. The van der Waals surface area contributed by atoms with E-state index in [1.807, 2.05) is 54.6 Å². The highest BCUT2D eigenvalue weighted by molar-refractivity contribution is 6.35. The van der Waals surface area contributed by atoms with Gasteiger partial charge in [-0.05, 0) is 54.8 Å². The smallest absolute Gasteiger partial charge is 0.252 e. The molecule has 0 saturated heterocycles. The normalized spacial score (nSPS) is 21.1. The average Bonchev–Trinajstić information content (AvgIpc) is 3.41. The molecule has 3 aromatic rings. The first-order chi connectivity index (χ1) is 21.3. The molecule has 3 aromatic carbocycles. The Bertz CT molecular complexity index is 1470. The van der Waals surface area contributed by atoms with E-state index < -0.39 is 17.2 Å². The predicted octanol–water partition coefficient (Wildman–Crippen LogP) is 6.93. The monoisotopic (exact) mass is 636 g/mol. The van der Waals surface area contributed by atoms with Gasteiger partial charge in [0.05, 0.1) is 12.2 Å². The molecule has 0 spiro atoms. The fourth-order valence-corrected chi connectivity index (χ4v) is 6.24. The van der Waals surface area contributed by atoms with Crippen molar-refractivity contribution in [3.63, 3.8) is 0 Å². The van der Waals surface area contributed by atoms with Crippen molar-refractivity contribution in [2.75, 3.05) is 19.8 Å². The molecule has 2 aliphatic rings. The third-order valence-corrected chi connectivity index (χ3v) is 8.74. The van der Waals surface area contributed by atoms with Gasteiger partial charge in [-0.3, -0.25) is 4.79 Å². The Labute approximate surface area is 268 Å². The van der Waals surface area contributed by atoms with Crippen molar-refractivity contribution in [2.24, 2.45) is 4.99 Å². The molecule has 0 bridgehead atoms. The highest BCUT2D eigenvalue weighted by Crippen LogP contribution is 2.45. The van der Waals surface area contributed by atoms with Crippen LogP contribution in [0.4, 0.5) is 0 Å². The van der Waals surface area contributed by atoms with Gasteiger partial charge in [0, 0.05) is 47.2 Å². The summed E-state index contributed by atoms with van der Waals surface area (Å²) in [5.41, 5.74) is -0.152. The molecular formula is C35H38Cl2N2O5.